The number of amides is 4. The number of aromatic amines is 2. The zero-order chi connectivity index (χ0) is 48.9. The molecule has 7 atom stereocenters. The van der Waals surface area contributed by atoms with Gasteiger partial charge in [0.25, 0.3) is 0 Å². The summed E-state index contributed by atoms with van der Waals surface area (Å²) in [5.74, 6) is 0.715. The van der Waals surface area contributed by atoms with Crippen molar-refractivity contribution in [2.75, 3.05) is 20.8 Å². The first-order chi connectivity index (χ1) is 33.6. The predicted octanol–water partition coefficient (Wildman–Crippen LogP) is 8.68. The van der Waals surface area contributed by atoms with Crippen LogP contribution in [-0.2, 0) is 19.1 Å². The molecular weight excluding hydrogens is 923 g/mol. The number of imidazole rings is 2. The number of aromatic nitrogens is 6. The first-order valence-electron chi connectivity index (χ1n) is 23.8. The third-order valence-electron chi connectivity index (χ3n) is 14.4. The Labute approximate surface area is 405 Å². The highest BCUT2D eigenvalue weighted by atomic mass is 32.1. The maximum Gasteiger partial charge on any atom is 0.407 e. The fraction of sp³-hybridized carbons (Fsp3) is 0.460. The van der Waals surface area contributed by atoms with Crippen LogP contribution in [0, 0.1) is 17.7 Å². The van der Waals surface area contributed by atoms with Crippen molar-refractivity contribution in [3.63, 3.8) is 0 Å². The number of methoxy groups -OCH3 is 2. The molecule has 11 rings (SSSR count). The van der Waals surface area contributed by atoms with Crippen molar-refractivity contribution >= 4 is 46.2 Å². The van der Waals surface area contributed by atoms with Crippen molar-refractivity contribution in [2.24, 2.45) is 11.8 Å². The normalized spacial score (nSPS) is 22.3. The highest BCUT2D eigenvalue weighted by Gasteiger charge is 2.57. The van der Waals surface area contributed by atoms with Gasteiger partial charge in [0.2, 0.25) is 18.0 Å². The Morgan fingerprint density at radius 3 is 2.29 bits per heavy atom. The van der Waals surface area contributed by atoms with E-state index in [9.17, 15) is 19.2 Å². The lowest BCUT2D eigenvalue weighted by atomic mass is 9.98. The Hall–Kier alpha value is -6.83. The summed E-state index contributed by atoms with van der Waals surface area (Å²) in [6.45, 7) is 6.74. The number of alkyl halides is 1. The van der Waals surface area contributed by atoms with Crippen LogP contribution in [0.25, 0.3) is 44.7 Å². The Morgan fingerprint density at radius 1 is 0.871 bits per heavy atom. The molecule has 70 heavy (non-hydrogen) atoms. The molecule has 5 aliphatic rings. The van der Waals surface area contributed by atoms with Gasteiger partial charge >= 0.3 is 12.2 Å². The van der Waals surface area contributed by atoms with Crippen molar-refractivity contribution < 1.29 is 42.2 Å². The number of likely N-dealkylation sites (tertiary alicyclic amines) is 2. The molecule has 4 N–H and O–H groups in total. The van der Waals surface area contributed by atoms with Gasteiger partial charge in [-0.1, -0.05) is 19.9 Å². The predicted molar refractivity (Wildman–Crippen MR) is 254 cm³/mol. The first-order valence-corrected chi connectivity index (χ1v) is 24.6. The largest absolute Gasteiger partial charge is 0.464 e. The minimum Gasteiger partial charge on any atom is -0.464 e. The van der Waals surface area contributed by atoms with Crippen LogP contribution >= 0.6 is 11.3 Å². The summed E-state index contributed by atoms with van der Waals surface area (Å²) < 4.78 is 50.8. The molecule has 7 heterocycles. The van der Waals surface area contributed by atoms with E-state index >= 15 is 8.78 Å². The molecule has 2 aliphatic carbocycles. The summed E-state index contributed by atoms with van der Waals surface area (Å²) in [4.78, 5) is 77.5. The molecule has 0 radical (unpaired) electrons. The van der Waals surface area contributed by atoms with Crippen molar-refractivity contribution in [3.8, 4) is 39.5 Å². The number of hydrogen-bond acceptors (Lipinski definition) is 11. The lowest BCUT2D eigenvalue weighted by molar-refractivity contribution is -0.139. The smallest absolute Gasteiger partial charge is 0.407 e. The highest BCUT2D eigenvalue weighted by molar-refractivity contribution is 7.11. The minimum absolute atomic E-state index is 0.0771. The number of alkyl carbamates (subject to hydrolysis) is 2. The van der Waals surface area contributed by atoms with Crippen molar-refractivity contribution in [1.29, 1.82) is 0 Å². The summed E-state index contributed by atoms with van der Waals surface area (Å²) in [6, 6.07) is 8.08. The summed E-state index contributed by atoms with van der Waals surface area (Å²) in [5, 5.41) is 6.97. The van der Waals surface area contributed by atoms with Crippen LogP contribution < -0.4 is 15.4 Å². The van der Waals surface area contributed by atoms with E-state index in [2.05, 4.69) is 20.6 Å². The Morgan fingerprint density at radius 2 is 1.59 bits per heavy atom. The molecule has 2 saturated carbocycles. The SMILES string of the molecule is COC(=O)NC(C(=O)N1[C@@H]2CC2C[C@H]1c1ncc(-c2ccc3c(c2)cc2n3C(c3cnc(C4CC4)s3)Oc3cc(-c4cnc([C@@H]5CCCN5C(=O)[C@@H](NC(=O)OC)C(C)C)[nH]4)cc(F)c3-2)[nH]1)C(C)(C)F. The quantitative estimate of drug-likeness (QED) is 0.0919. The molecule has 0 bridgehead atoms. The molecular formula is C50H54F2N10O7S. The first kappa shape index (κ1) is 45.6. The van der Waals surface area contributed by atoms with Crippen LogP contribution in [0.1, 0.15) is 112 Å². The second-order valence-electron chi connectivity index (χ2n) is 20.0. The van der Waals surface area contributed by atoms with Gasteiger partial charge < -0.3 is 44.6 Å². The van der Waals surface area contributed by atoms with E-state index in [1.807, 2.05) is 54.9 Å². The number of thiazole rings is 1. The fourth-order valence-corrected chi connectivity index (χ4v) is 11.7. The number of fused-ring (bicyclic) bond motifs is 6. The molecule has 4 aromatic heterocycles. The number of ether oxygens (including phenoxy) is 3. The number of carbonyl (C=O) groups excluding carboxylic acids is 4. The minimum atomic E-state index is -2.06. The maximum absolute atomic E-state index is 16.9. The summed E-state index contributed by atoms with van der Waals surface area (Å²) in [5.41, 5.74) is 2.28. The van der Waals surface area contributed by atoms with Crippen molar-refractivity contribution in [3.05, 3.63) is 82.3 Å². The van der Waals surface area contributed by atoms with Gasteiger partial charge in [0.1, 0.15) is 41.0 Å². The molecule has 4 amide bonds. The number of carbonyl (C=O) groups is 4. The van der Waals surface area contributed by atoms with Gasteiger partial charge in [0.05, 0.1) is 76.7 Å². The van der Waals surface area contributed by atoms with Crippen LogP contribution in [-0.4, -0.2) is 108 Å². The fourth-order valence-electron chi connectivity index (χ4n) is 10.6. The van der Waals surface area contributed by atoms with Gasteiger partial charge in [-0.3, -0.25) is 14.2 Å². The maximum atomic E-state index is 16.9. The third kappa shape index (κ3) is 8.02. The number of hydrogen-bond donors (Lipinski definition) is 4. The number of piperidine rings is 1. The monoisotopic (exact) mass is 976 g/mol. The van der Waals surface area contributed by atoms with Gasteiger partial charge in [-0.15, -0.1) is 11.3 Å². The summed E-state index contributed by atoms with van der Waals surface area (Å²) >= 11 is 1.60. The zero-order valence-electron chi connectivity index (χ0n) is 39.5. The van der Waals surface area contributed by atoms with Gasteiger partial charge in [0.15, 0.2) is 0 Å². The molecule has 20 heteroatoms. The second kappa shape index (κ2) is 17.2. The summed E-state index contributed by atoms with van der Waals surface area (Å²) in [6.07, 6.45) is 8.03. The number of benzene rings is 2. The number of nitrogens with zero attached hydrogens (tertiary/aromatic N) is 6. The van der Waals surface area contributed by atoms with Gasteiger partial charge in [-0.2, -0.15) is 0 Å². The second-order valence-corrected chi connectivity index (χ2v) is 21.0. The molecule has 17 nitrogen and oxygen atoms in total. The van der Waals surface area contributed by atoms with E-state index in [-0.39, 0.29) is 29.8 Å². The number of H-pyrrole nitrogens is 2. The van der Waals surface area contributed by atoms with E-state index in [0.29, 0.717) is 70.9 Å². The van der Waals surface area contributed by atoms with E-state index in [1.165, 1.54) is 34.1 Å². The summed E-state index contributed by atoms with van der Waals surface area (Å²) in [7, 11) is 2.43. The van der Waals surface area contributed by atoms with E-state index in [0.717, 1.165) is 52.0 Å². The number of nitrogens with one attached hydrogen (secondary N) is 4. The van der Waals surface area contributed by atoms with Crippen LogP contribution in [0.5, 0.6) is 5.75 Å². The molecule has 4 fully saturated rings. The molecule has 0 spiro atoms. The lowest BCUT2D eigenvalue weighted by Gasteiger charge is -2.34. The van der Waals surface area contributed by atoms with E-state index in [4.69, 9.17) is 29.2 Å². The lowest BCUT2D eigenvalue weighted by Crippen LogP contribution is -2.57. The zero-order valence-corrected chi connectivity index (χ0v) is 40.4. The average Bonchev–Trinajstić information content (AvgIpc) is 3.81. The topological polar surface area (TPSA) is 202 Å². The van der Waals surface area contributed by atoms with Crippen LogP contribution in [0.2, 0.25) is 0 Å². The van der Waals surface area contributed by atoms with Crippen LogP contribution in [0.15, 0.2) is 55.0 Å². The molecule has 366 valence electrons. The molecule has 2 saturated heterocycles. The number of halogens is 2. The average molecular weight is 977 g/mol. The van der Waals surface area contributed by atoms with Crippen LogP contribution in [0.3, 0.4) is 0 Å². The molecule has 3 aliphatic heterocycles. The van der Waals surface area contributed by atoms with E-state index < -0.39 is 53.9 Å². The molecule has 3 unspecified atom stereocenters. The van der Waals surface area contributed by atoms with E-state index in [1.54, 1.807) is 33.5 Å². The Balaban J connectivity index is 0.909. The standard InChI is InChI=1S/C50H54F2N10O7S/c1-23(2)40(58-48(65)67-5)45(63)60-13-7-8-33(60)42-53-21-31(57-42)26-15-29(51)39-35-17-27-14-25(11-12-32(27)62(35)47(69-37(39)19-26)38-22-55-44(70-38)24-9-10-24)30-20-54-43(56-30)36-18-28-16-34(28)61(36)46(64)41(50(3,4)52)59-49(66)68-6/h11-12,14-15,17,19-24,28,33-34,36,40-41,47H,7-10,13,16,18H2,1-6H3,(H,53,57)(H,54,56)(H,58,65)(H,59,66)/t28?,33-,34+,36-,40-,41?,47?/m0/s1. The van der Waals surface area contributed by atoms with Crippen molar-refractivity contribution in [2.45, 2.75) is 114 Å². The Bertz CT molecular complexity index is 3060. The number of rotatable bonds is 12. The van der Waals surface area contributed by atoms with Crippen LogP contribution in [0.4, 0.5) is 18.4 Å². The Kier molecular flexibility index (Phi) is 11.2. The highest BCUT2D eigenvalue weighted by Crippen LogP contribution is 2.54. The van der Waals surface area contributed by atoms with Gasteiger partial charge in [0, 0.05) is 41.2 Å². The molecule has 2 aromatic carbocycles. The van der Waals surface area contributed by atoms with Gasteiger partial charge in [-0.25, -0.2) is 33.3 Å². The van der Waals surface area contributed by atoms with Crippen molar-refractivity contribution in [1.82, 2.24) is 49.9 Å². The molecule has 6 aromatic rings. The third-order valence-corrected chi connectivity index (χ3v) is 15.6. The van der Waals surface area contributed by atoms with Gasteiger partial charge in [-0.05, 0) is 94.5 Å².